The second kappa shape index (κ2) is 18.1. The van der Waals surface area contributed by atoms with Crippen LogP contribution in [0, 0.1) is 0 Å². The fraction of sp³-hybridized carbons (Fsp3) is 0.494. The molecule has 8 aromatic rings. The third-order valence-electron chi connectivity index (χ3n) is 27.7. The van der Waals surface area contributed by atoms with Gasteiger partial charge in [0.2, 0.25) is 0 Å². The van der Waals surface area contributed by atoms with E-state index in [1.165, 1.54) is 156 Å². The van der Waals surface area contributed by atoms with Gasteiger partial charge in [0.05, 0.1) is 22.6 Å². The molecule has 9 aliphatic rings. The molecule has 3 unspecified atom stereocenters. The van der Waals surface area contributed by atoms with E-state index in [9.17, 15) is 0 Å². The molecule has 4 nitrogen and oxygen atoms in total. The Morgan fingerprint density at radius 2 is 0.967 bits per heavy atom. The van der Waals surface area contributed by atoms with E-state index >= 15 is 0 Å². The standard InChI is InChI=1S/C87H102BN3O/c1-77(2,3)52-26-29-68-56(41-52)51-24-23-25-53(40-51)85(18)39-38-84(16,17)62-47-67-70(49-65(62)85)90(68)72-44-55(91-69-48-63-61(81(10,11)35-36-82(63,12)13)46-66(69)86(19)30-21-22-31-87(86,91)20)43-71-74(72)88(67)76-75(57-45-60-64(50-73(57)92-76)83(14,15)37-34-80(60,8)9)89(71)54-27-28-58-59(42-54)79(6,7)33-32-78(58,4)5/h23-29,40-50H,21-22,30-39H2,1-20H3. The molecule has 0 saturated heterocycles. The largest absolute Gasteiger partial charge is 0.468 e. The van der Waals surface area contributed by atoms with Gasteiger partial charge < -0.3 is 19.1 Å². The van der Waals surface area contributed by atoms with Crippen LogP contribution in [-0.4, -0.2) is 12.3 Å². The van der Waals surface area contributed by atoms with Gasteiger partial charge in [0.1, 0.15) is 5.58 Å². The van der Waals surface area contributed by atoms with Gasteiger partial charge in [-0.05, 0) is 253 Å². The molecule has 0 spiro atoms. The van der Waals surface area contributed by atoms with Crippen LogP contribution in [0.2, 0.25) is 0 Å². The normalized spacial score (nSPS) is 26.2. The van der Waals surface area contributed by atoms with Crippen molar-refractivity contribution in [2.24, 2.45) is 0 Å². The van der Waals surface area contributed by atoms with Crippen LogP contribution in [0.25, 0.3) is 22.1 Å². The van der Waals surface area contributed by atoms with Crippen LogP contribution >= 0.6 is 0 Å². The number of hydrogen-bond acceptors (Lipinski definition) is 4. The molecule has 0 N–H and O–H groups in total. The van der Waals surface area contributed by atoms with Crippen LogP contribution in [0.1, 0.15) is 277 Å². The molecule has 5 heterocycles. The summed E-state index contributed by atoms with van der Waals surface area (Å²) in [6, 6.07) is 46.7. The monoisotopic (exact) mass is 1220 g/mol. The van der Waals surface area contributed by atoms with Gasteiger partial charge in [-0.3, -0.25) is 0 Å². The van der Waals surface area contributed by atoms with E-state index in [1.54, 1.807) is 16.7 Å². The van der Waals surface area contributed by atoms with E-state index in [4.69, 9.17) is 4.42 Å². The molecular formula is C87H102BN3O. The minimum Gasteiger partial charge on any atom is -0.468 e. The van der Waals surface area contributed by atoms with E-state index in [-0.39, 0.29) is 66.4 Å². The first-order valence-corrected chi connectivity index (χ1v) is 36.0. The van der Waals surface area contributed by atoms with Gasteiger partial charge in [-0.25, -0.2) is 0 Å². The number of hydrogen-bond donors (Lipinski definition) is 0. The van der Waals surface area contributed by atoms with E-state index in [2.05, 4.69) is 262 Å². The first kappa shape index (κ1) is 59.3. The Bertz CT molecular complexity index is 4590. The molecule has 5 heteroatoms. The second-order valence-electron chi connectivity index (χ2n) is 37.5. The van der Waals surface area contributed by atoms with Gasteiger partial charge in [-0.2, -0.15) is 0 Å². The van der Waals surface area contributed by atoms with Gasteiger partial charge in [0.15, 0.2) is 0 Å². The molecule has 5 aliphatic carbocycles. The average molecular weight is 1220 g/mol. The third-order valence-corrected chi connectivity index (χ3v) is 27.7. The molecular weight excluding hydrogens is 1110 g/mol. The summed E-state index contributed by atoms with van der Waals surface area (Å²) in [6.45, 7) is 50.0. The van der Waals surface area contributed by atoms with Crippen molar-refractivity contribution in [1.82, 2.24) is 0 Å². The van der Waals surface area contributed by atoms with Crippen LogP contribution in [0.4, 0.5) is 45.5 Å². The zero-order valence-corrected chi connectivity index (χ0v) is 59.7. The number of anilines is 8. The molecule has 0 radical (unpaired) electrons. The molecule has 4 bridgehead atoms. The molecule has 0 amide bonds. The molecule has 474 valence electrons. The predicted molar refractivity (Wildman–Crippen MR) is 392 cm³/mol. The fourth-order valence-corrected chi connectivity index (χ4v) is 20.7. The maximum absolute atomic E-state index is 8.08. The van der Waals surface area contributed by atoms with E-state index in [1.807, 2.05) is 0 Å². The van der Waals surface area contributed by atoms with Crippen LogP contribution in [0.15, 0.2) is 114 Å². The summed E-state index contributed by atoms with van der Waals surface area (Å²) in [7, 11) is 0. The highest BCUT2D eigenvalue weighted by molar-refractivity contribution is 7.00. The summed E-state index contributed by atoms with van der Waals surface area (Å²) in [5.41, 5.74) is 33.4. The summed E-state index contributed by atoms with van der Waals surface area (Å²) in [5.74, 6) is 0. The van der Waals surface area contributed by atoms with Crippen molar-refractivity contribution in [2.45, 2.75) is 275 Å². The Morgan fingerprint density at radius 3 is 1.62 bits per heavy atom. The predicted octanol–water partition coefficient (Wildman–Crippen LogP) is 22.0. The number of benzene rings is 7. The molecule has 3 atom stereocenters. The topological polar surface area (TPSA) is 22.9 Å². The maximum Gasteiger partial charge on any atom is 0.297 e. The van der Waals surface area contributed by atoms with Crippen molar-refractivity contribution in [3.63, 3.8) is 0 Å². The summed E-state index contributed by atoms with van der Waals surface area (Å²) in [4.78, 5) is 8.55. The lowest BCUT2D eigenvalue weighted by Crippen LogP contribution is -2.61. The van der Waals surface area contributed by atoms with Gasteiger partial charge >= 0.3 is 0 Å². The lowest BCUT2D eigenvalue weighted by molar-refractivity contribution is 0.194. The maximum atomic E-state index is 8.08. The summed E-state index contributed by atoms with van der Waals surface area (Å²) < 4.78 is 8.08. The molecule has 4 aliphatic heterocycles. The Morgan fingerprint density at radius 1 is 0.413 bits per heavy atom. The van der Waals surface area contributed by atoms with Crippen LogP contribution in [0.3, 0.4) is 0 Å². The van der Waals surface area contributed by atoms with Gasteiger partial charge in [-0.15, -0.1) is 0 Å². The lowest BCUT2D eigenvalue weighted by atomic mass is 9.35. The Kier molecular flexibility index (Phi) is 11.7. The first-order chi connectivity index (χ1) is 43.0. The molecule has 92 heavy (non-hydrogen) atoms. The van der Waals surface area contributed by atoms with Gasteiger partial charge in [0, 0.05) is 55.9 Å². The van der Waals surface area contributed by atoms with Gasteiger partial charge in [0.25, 0.3) is 6.71 Å². The van der Waals surface area contributed by atoms with Crippen LogP contribution < -0.4 is 31.3 Å². The number of furan rings is 1. The number of nitrogens with zero attached hydrogens (tertiary/aromatic N) is 3. The van der Waals surface area contributed by atoms with Crippen molar-refractivity contribution in [2.75, 3.05) is 14.7 Å². The lowest BCUT2D eigenvalue weighted by Gasteiger charge is -2.51. The van der Waals surface area contributed by atoms with E-state index in [0.29, 0.717) is 0 Å². The van der Waals surface area contributed by atoms with Crippen molar-refractivity contribution in [3.05, 3.63) is 170 Å². The highest BCUT2D eigenvalue weighted by Gasteiger charge is 2.60. The molecule has 1 saturated carbocycles. The van der Waals surface area contributed by atoms with Crippen molar-refractivity contribution in [1.29, 1.82) is 0 Å². The van der Waals surface area contributed by atoms with E-state index in [0.717, 1.165) is 49.8 Å². The van der Waals surface area contributed by atoms with Gasteiger partial charge in [-0.1, -0.05) is 193 Å². The smallest absolute Gasteiger partial charge is 0.297 e. The third kappa shape index (κ3) is 7.72. The fourth-order valence-electron chi connectivity index (χ4n) is 20.7. The van der Waals surface area contributed by atoms with E-state index < -0.39 is 0 Å². The van der Waals surface area contributed by atoms with Crippen LogP contribution in [-0.2, 0) is 54.1 Å². The molecule has 1 fully saturated rings. The van der Waals surface area contributed by atoms with Crippen molar-refractivity contribution >= 4 is 79.8 Å². The quantitative estimate of drug-likeness (QED) is 0.161. The van der Waals surface area contributed by atoms with Crippen molar-refractivity contribution in [3.8, 4) is 11.1 Å². The second-order valence-corrected chi connectivity index (χ2v) is 37.5. The Hall–Kier alpha value is -6.46. The Balaban J connectivity index is 1.06. The minimum atomic E-state index is -0.212. The van der Waals surface area contributed by atoms with Crippen LogP contribution in [0.5, 0.6) is 0 Å². The highest BCUT2D eigenvalue weighted by Crippen LogP contribution is 2.65. The minimum absolute atomic E-state index is 0.00456. The summed E-state index contributed by atoms with van der Waals surface area (Å²) in [5, 5.41) is 1.23. The van der Waals surface area contributed by atoms with Crippen molar-refractivity contribution < 1.29 is 4.42 Å². The molecule has 7 aromatic carbocycles. The average Bonchev–Trinajstić information content (AvgIpc) is 1.29. The highest BCUT2D eigenvalue weighted by atomic mass is 16.3. The first-order valence-electron chi connectivity index (χ1n) is 36.0. The zero-order valence-electron chi connectivity index (χ0n) is 59.7. The molecule has 17 rings (SSSR count). The summed E-state index contributed by atoms with van der Waals surface area (Å²) in [6.07, 6.45) is 13.9. The Labute approximate surface area is 552 Å². The SMILES string of the molecule is CC(C)(C)c1ccc2c(c1)-c1cccc(c1)C1(C)CCC(C)(C)c3cc4c(cc31)N2c1cc(N2c3cc5c(cc3C3(C)CCCCC23C)C(C)(C)CCC5(C)C)cc2c1B4c1oc3cc4c(cc3c1N2c1ccc2c(c1)C(C)(C)CCC2(C)C)C(C)(C)CCC4(C)C. The zero-order chi connectivity index (χ0) is 64.7. The number of fused-ring (bicyclic) bond motifs is 18. The molecule has 1 aromatic heterocycles. The number of rotatable bonds is 2. The summed E-state index contributed by atoms with van der Waals surface area (Å²) >= 11 is 0.